The number of carbonyl (C=O) groups is 1. The van der Waals surface area contributed by atoms with Crippen molar-refractivity contribution in [3.05, 3.63) is 12.2 Å². The summed E-state index contributed by atoms with van der Waals surface area (Å²) < 4.78 is 11.0. The average Bonchev–Trinajstić information content (AvgIpc) is 3.13. The third-order valence-electron chi connectivity index (χ3n) is 10.1. The van der Waals surface area contributed by atoms with Crippen LogP contribution in [-0.2, 0) is 14.3 Å². The zero-order valence-electron chi connectivity index (χ0n) is 32.1. The smallest absolute Gasteiger partial charge is 0.249 e. The fraction of sp³-hybridized carbons (Fsp3) is 0.925. The predicted molar refractivity (Wildman–Crippen MR) is 201 cm³/mol. The van der Waals surface area contributed by atoms with Crippen molar-refractivity contribution in [1.29, 1.82) is 0 Å². The molecule has 1 aliphatic heterocycles. The number of carbonyl (C=O) groups excluding carboxylic acids is 1. The Morgan fingerprint density at radius 1 is 0.686 bits per heavy atom. The Morgan fingerprint density at radius 2 is 1.18 bits per heavy atom. The summed E-state index contributed by atoms with van der Waals surface area (Å²) in [7, 11) is 0. The fourth-order valence-corrected chi connectivity index (χ4v) is 6.55. The second-order valence-corrected chi connectivity index (χ2v) is 14.7. The monoisotopic (exact) mass is 732 g/mol. The molecule has 1 fully saturated rings. The number of ether oxygens (including phenoxy) is 2. The van der Waals surface area contributed by atoms with Crippen LogP contribution in [0.15, 0.2) is 12.2 Å². The highest BCUT2D eigenvalue weighted by molar-refractivity contribution is 5.80. The summed E-state index contributed by atoms with van der Waals surface area (Å²) in [6.45, 7) is 3.36. The molecule has 0 aromatic carbocycles. The van der Waals surface area contributed by atoms with E-state index in [-0.39, 0.29) is 12.8 Å². The molecule has 1 saturated heterocycles. The summed E-state index contributed by atoms with van der Waals surface area (Å²) in [5.41, 5.74) is 0. The Morgan fingerprint density at radius 3 is 1.69 bits per heavy atom. The van der Waals surface area contributed by atoms with Gasteiger partial charge in [-0.05, 0) is 25.7 Å². The number of unbranched alkanes of at least 4 members (excludes halogenated alkanes) is 20. The van der Waals surface area contributed by atoms with Crippen molar-refractivity contribution in [2.75, 3.05) is 13.2 Å². The number of aliphatic hydroxyl groups is 7. The van der Waals surface area contributed by atoms with Crippen LogP contribution in [0.1, 0.15) is 168 Å². The largest absolute Gasteiger partial charge is 0.394 e. The Balaban J connectivity index is 2.56. The molecule has 0 spiro atoms. The van der Waals surface area contributed by atoms with E-state index in [1.807, 2.05) is 6.08 Å². The van der Waals surface area contributed by atoms with Crippen LogP contribution in [0, 0.1) is 0 Å². The van der Waals surface area contributed by atoms with Gasteiger partial charge < -0.3 is 50.5 Å². The molecule has 11 heteroatoms. The van der Waals surface area contributed by atoms with E-state index in [0.29, 0.717) is 6.42 Å². The van der Waals surface area contributed by atoms with Gasteiger partial charge in [0, 0.05) is 0 Å². The number of allylic oxidation sites excluding steroid dienone is 1. The van der Waals surface area contributed by atoms with Crippen molar-refractivity contribution in [2.24, 2.45) is 0 Å². The molecule has 0 saturated carbocycles. The summed E-state index contributed by atoms with van der Waals surface area (Å²) in [6, 6.07) is -1.19. The summed E-state index contributed by atoms with van der Waals surface area (Å²) in [6.07, 6.45) is 18.6. The van der Waals surface area contributed by atoms with Crippen molar-refractivity contribution in [3.8, 4) is 0 Å². The highest BCUT2D eigenvalue weighted by Crippen LogP contribution is 2.23. The molecule has 8 N–H and O–H groups in total. The molecule has 51 heavy (non-hydrogen) atoms. The Kier molecular flexibility index (Phi) is 29.3. The summed E-state index contributed by atoms with van der Waals surface area (Å²) in [5, 5.41) is 75.2. The van der Waals surface area contributed by atoms with Crippen LogP contribution in [0.4, 0.5) is 0 Å². The van der Waals surface area contributed by atoms with E-state index < -0.39 is 74.2 Å². The van der Waals surface area contributed by atoms with Crippen molar-refractivity contribution in [3.63, 3.8) is 0 Å². The first-order valence-corrected chi connectivity index (χ1v) is 20.6. The summed E-state index contributed by atoms with van der Waals surface area (Å²) in [5.74, 6) is -0.715. The second-order valence-electron chi connectivity index (χ2n) is 14.7. The lowest BCUT2D eigenvalue weighted by Crippen LogP contribution is -2.60. The summed E-state index contributed by atoms with van der Waals surface area (Å²) >= 11 is 0. The lowest BCUT2D eigenvalue weighted by Gasteiger charge is -2.40. The van der Waals surface area contributed by atoms with Gasteiger partial charge in [0.2, 0.25) is 5.91 Å². The first-order chi connectivity index (χ1) is 24.7. The van der Waals surface area contributed by atoms with Crippen molar-refractivity contribution >= 4 is 5.91 Å². The number of hydrogen-bond donors (Lipinski definition) is 8. The predicted octanol–water partition coefficient (Wildman–Crippen LogP) is 5.33. The minimum Gasteiger partial charge on any atom is -0.394 e. The van der Waals surface area contributed by atoms with Gasteiger partial charge in [0.25, 0.3) is 0 Å². The lowest BCUT2D eigenvalue weighted by atomic mass is 9.99. The van der Waals surface area contributed by atoms with E-state index in [9.17, 15) is 40.5 Å². The van der Waals surface area contributed by atoms with Crippen LogP contribution in [0.3, 0.4) is 0 Å². The van der Waals surface area contributed by atoms with E-state index in [0.717, 1.165) is 38.5 Å². The summed E-state index contributed by atoms with van der Waals surface area (Å²) in [4.78, 5) is 13.0. The third kappa shape index (κ3) is 22.0. The number of aliphatic hydroxyl groups excluding tert-OH is 7. The van der Waals surface area contributed by atoms with Crippen LogP contribution in [0.25, 0.3) is 0 Å². The quantitative estimate of drug-likeness (QED) is 0.0324. The van der Waals surface area contributed by atoms with Gasteiger partial charge in [0.05, 0.1) is 25.4 Å². The van der Waals surface area contributed by atoms with Crippen LogP contribution >= 0.6 is 0 Å². The molecule has 1 aliphatic rings. The minimum absolute atomic E-state index is 0.131. The zero-order chi connectivity index (χ0) is 37.7. The normalized spacial score (nSPS) is 23.4. The Labute approximate surface area is 309 Å². The number of rotatable bonds is 33. The molecule has 1 rings (SSSR count). The SMILES string of the molecule is CCCCCCCCCCC=CCC(O)C(O)C(COC1OC(CO)C(O)C(O)C1O)NC(=O)C(O)CCCCCCCCCCCCCCC. The second kappa shape index (κ2) is 31.2. The maximum absolute atomic E-state index is 13.0. The van der Waals surface area contributed by atoms with Crippen molar-refractivity contribution < 1.29 is 50.0 Å². The average molecular weight is 732 g/mol. The molecule has 9 atom stereocenters. The van der Waals surface area contributed by atoms with Gasteiger partial charge in [0.15, 0.2) is 6.29 Å². The number of hydrogen-bond acceptors (Lipinski definition) is 10. The van der Waals surface area contributed by atoms with E-state index in [2.05, 4.69) is 19.2 Å². The van der Waals surface area contributed by atoms with Crippen LogP contribution in [0.5, 0.6) is 0 Å². The molecule has 1 amide bonds. The zero-order valence-corrected chi connectivity index (χ0v) is 32.1. The van der Waals surface area contributed by atoms with Gasteiger partial charge in [-0.15, -0.1) is 0 Å². The Hall–Kier alpha value is -1.15. The topological polar surface area (TPSA) is 189 Å². The molecular formula is C40H77NO10. The number of amides is 1. The minimum atomic E-state index is -1.67. The van der Waals surface area contributed by atoms with Gasteiger partial charge in [0.1, 0.15) is 36.6 Å². The first kappa shape index (κ1) is 47.9. The molecule has 0 aromatic rings. The van der Waals surface area contributed by atoms with Crippen LogP contribution in [0.2, 0.25) is 0 Å². The van der Waals surface area contributed by atoms with Gasteiger partial charge in [-0.1, -0.05) is 154 Å². The van der Waals surface area contributed by atoms with Crippen LogP contribution in [-0.4, -0.2) is 110 Å². The lowest BCUT2D eigenvalue weighted by molar-refractivity contribution is -0.303. The molecule has 0 aromatic heterocycles. The molecule has 302 valence electrons. The van der Waals surface area contributed by atoms with Crippen LogP contribution < -0.4 is 5.32 Å². The van der Waals surface area contributed by atoms with Gasteiger partial charge in [-0.25, -0.2) is 0 Å². The molecule has 9 unspecified atom stereocenters. The van der Waals surface area contributed by atoms with Gasteiger partial charge >= 0.3 is 0 Å². The van der Waals surface area contributed by atoms with Crippen molar-refractivity contribution in [2.45, 2.75) is 223 Å². The first-order valence-electron chi connectivity index (χ1n) is 20.6. The Bertz CT molecular complexity index is 846. The van der Waals surface area contributed by atoms with Gasteiger partial charge in [-0.2, -0.15) is 0 Å². The third-order valence-corrected chi connectivity index (χ3v) is 10.1. The highest BCUT2D eigenvalue weighted by atomic mass is 16.7. The molecule has 1 heterocycles. The maximum atomic E-state index is 13.0. The molecule has 11 nitrogen and oxygen atoms in total. The van der Waals surface area contributed by atoms with Crippen molar-refractivity contribution in [1.82, 2.24) is 5.32 Å². The van der Waals surface area contributed by atoms with E-state index >= 15 is 0 Å². The molecule has 0 bridgehead atoms. The molecule has 0 aliphatic carbocycles. The fourth-order valence-electron chi connectivity index (χ4n) is 6.55. The van der Waals surface area contributed by atoms with E-state index in [1.165, 1.54) is 96.3 Å². The molecular weight excluding hydrogens is 654 g/mol. The van der Waals surface area contributed by atoms with E-state index in [1.54, 1.807) is 6.08 Å². The van der Waals surface area contributed by atoms with E-state index in [4.69, 9.17) is 9.47 Å². The molecule has 0 radical (unpaired) electrons. The highest BCUT2D eigenvalue weighted by Gasteiger charge is 2.44. The number of nitrogens with one attached hydrogen (secondary N) is 1. The van der Waals surface area contributed by atoms with Gasteiger partial charge in [-0.3, -0.25) is 4.79 Å². The maximum Gasteiger partial charge on any atom is 0.249 e. The standard InChI is InChI=1S/C40H77NO10/c1-3-5-7-9-11-13-15-16-18-20-22-24-26-28-33(44)39(49)41-31(30-50-40-38(48)37(47)36(46)34(29-42)51-40)35(45)32(43)27-25-23-21-19-17-14-12-10-8-6-4-2/h23,25,31-38,40,42-48H,3-22,24,26-30H2,1-2H3,(H,41,49).